The van der Waals surface area contributed by atoms with Crippen LogP contribution in [0.25, 0.3) is 0 Å². The van der Waals surface area contributed by atoms with E-state index in [1.54, 1.807) is 0 Å². The topological polar surface area (TPSA) is 52.6 Å². The summed E-state index contributed by atoms with van der Waals surface area (Å²) in [6, 6.07) is 6.06. The van der Waals surface area contributed by atoms with Gasteiger partial charge in [-0.1, -0.05) is 18.9 Å². The third-order valence-corrected chi connectivity index (χ3v) is 6.37. The lowest BCUT2D eigenvalue weighted by atomic mass is 9.94. The number of nitrogens with one attached hydrogen (secondary N) is 2. The SMILES string of the molecule is CN=C(NCCc1ccccn1)NCC1(N2CCSCC2)CCCC1. The van der Waals surface area contributed by atoms with Gasteiger partial charge in [-0.2, -0.15) is 11.8 Å². The Morgan fingerprint density at radius 2 is 2.04 bits per heavy atom. The van der Waals surface area contributed by atoms with Crippen molar-refractivity contribution in [2.75, 3.05) is 44.7 Å². The zero-order valence-electron chi connectivity index (χ0n) is 15.3. The minimum atomic E-state index is 0.333. The highest BCUT2D eigenvalue weighted by Crippen LogP contribution is 2.36. The van der Waals surface area contributed by atoms with Gasteiger partial charge in [-0.25, -0.2) is 0 Å². The molecule has 2 N–H and O–H groups in total. The van der Waals surface area contributed by atoms with E-state index in [9.17, 15) is 0 Å². The number of aliphatic imine (C=N–C) groups is 1. The van der Waals surface area contributed by atoms with Gasteiger partial charge in [0.15, 0.2) is 5.96 Å². The van der Waals surface area contributed by atoms with Gasteiger partial charge in [-0.3, -0.25) is 14.9 Å². The fraction of sp³-hybridized carbons (Fsp3) is 0.684. The summed E-state index contributed by atoms with van der Waals surface area (Å²) in [6.45, 7) is 4.32. The van der Waals surface area contributed by atoms with Gasteiger partial charge in [-0.05, 0) is 25.0 Å². The molecule has 1 saturated carbocycles. The van der Waals surface area contributed by atoms with Crippen molar-refractivity contribution >= 4 is 17.7 Å². The summed E-state index contributed by atoms with van der Waals surface area (Å²) in [5, 5.41) is 7.04. The second-order valence-corrected chi connectivity index (χ2v) is 8.18. The normalized spacial score (nSPS) is 21.2. The second kappa shape index (κ2) is 9.43. The molecule has 6 heteroatoms. The molecule has 0 atom stereocenters. The lowest BCUT2D eigenvalue weighted by molar-refractivity contribution is 0.107. The molecule has 0 radical (unpaired) electrons. The van der Waals surface area contributed by atoms with E-state index in [0.29, 0.717) is 5.54 Å². The van der Waals surface area contributed by atoms with Crippen LogP contribution < -0.4 is 10.6 Å². The number of thioether (sulfide) groups is 1. The van der Waals surface area contributed by atoms with Crippen molar-refractivity contribution in [1.82, 2.24) is 20.5 Å². The van der Waals surface area contributed by atoms with Crippen molar-refractivity contribution in [3.8, 4) is 0 Å². The molecule has 2 aliphatic rings. The lowest BCUT2D eigenvalue weighted by Gasteiger charge is -2.43. The summed E-state index contributed by atoms with van der Waals surface area (Å²) >= 11 is 2.09. The summed E-state index contributed by atoms with van der Waals surface area (Å²) in [4.78, 5) is 11.5. The highest BCUT2D eigenvalue weighted by molar-refractivity contribution is 7.99. The molecule has 138 valence electrons. The maximum atomic E-state index is 4.41. The average molecular weight is 362 g/mol. The Hall–Kier alpha value is -1.27. The molecule has 2 heterocycles. The summed E-state index contributed by atoms with van der Waals surface area (Å²) in [5.41, 5.74) is 1.45. The molecule has 0 aromatic carbocycles. The Bertz CT molecular complexity index is 536. The third kappa shape index (κ3) is 5.11. The first kappa shape index (κ1) is 18.5. The fourth-order valence-electron chi connectivity index (χ4n) is 4.00. The highest BCUT2D eigenvalue weighted by Gasteiger charge is 2.39. The predicted octanol–water partition coefficient (Wildman–Crippen LogP) is 2.15. The summed E-state index contributed by atoms with van der Waals surface area (Å²) in [6.07, 6.45) is 8.11. The van der Waals surface area contributed by atoms with Crippen LogP contribution in [0.4, 0.5) is 0 Å². The standard InChI is InChI=1S/C19H31N5S/c1-20-18(22-11-7-17-6-2-5-10-21-17)23-16-19(8-3-4-9-19)24-12-14-25-15-13-24/h2,5-6,10H,3-4,7-9,11-16H2,1H3,(H2,20,22,23). The molecule has 0 unspecified atom stereocenters. The van der Waals surface area contributed by atoms with Crippen LogP contribution in [0.2, 0.25) is 0 Å². The summed E-state index contributed by atoms with van der Waals surface area (Å²) in [5.74, 6) is 3.46. The molecule has 0 bridgehead atoms. The van der Waals surface area contributed by atoms with E-state index in [-0.39, 0.29) is 0 Å². The first-order valence-electron chi connectivity index (χ1n) is 9.50. The van der Waals surface area contributed by atoms with E-state index in [2.05, 4.69) is 43.3 Å². The van der Waals surface area contributed by atoms with Gasteiger partial charge in [0.2, 0.25) is 0 Å². The zero-order chi connectivity index (χ0) is 17.4. The van der Waals surface area contributed by atoms with Crippen molar-refractivity contribution in [1.29, 1.82) is 0 Å². The van der Waals surface area contributed by atoms with E-state index in [1.807, 2.05) is 25.4 Å². The Labute approximate surface area is 156 Å². The zero-order valence-corrected chi connectivity index (χ0v) is 16.2. The molecule has 1 aliphatic carbocycles. The highest BCUT2D eigenvalue weighted by atomic mass is 32.2. The largest absolute Gasteiger partial charge is 0.356 e. The number of nitrogens with zero attached hydrogens (tertiary/aromatic N) is 3. The average Bonchev–Trinajstić information content (AvgIpc) is 3.16. The Balaban J connectivity index is 1.48. The molecule has 3 rings (SSSR count). The number of guanidine groups is 1. The van der Waals surface area contributed by atoms with Crippen LogP contribution in [-0.2, 0) is 6.42 Å². The first-order valence-corrected chi connectivity index (χ1v) is 10.7. The van der Waals surface area contributed by atoms with Crippen LogP contribution >= 0.6 is 11.8 Å². The molecule has 1 aromatic heterocycles. The Kier molecular flexibility index (Phi) is 6.99. The third-order valence-electron chi connectivity index (χ3n) is 5.42. The Morgan fingerprint density at radius 3 is 2.72 bits per heavy atom. The van der Waals surface area contributed by atoms with Crippen LogP contribution in [0.5, 0.6) is 0 Å². The van der Waals surface area contributed by atoms with Crippen LogP contribution in [0, 0.1) is 0 Å². The van der Waals surface area contributed by atoms with Gasteiger partial charge in [-0.15, -0.1) is 0 Å². The van der Waals surface area contributed by atoms with E-state index >= 15 is 0 Å². The van der Waals surface area contributed by atoms with Gasteiger partial charge in [0.1, 0.15) is 0 Å². The van der Waals surface area contributed by atoms with Crippen LogP contribution in [0.1, 0.15) is 31.4 Å². The van der Waals surface area contributed by atoms with Gasteiger partial charge in [0.05, 0.1) is 0 Å². The smallest absolute Gasteiger partial charge is 0.191 e. The molecule has 1 aliphatic heterocycles. The van der Waals surface area contributed by atoms with E-state index in [1.165, 1.54) is 50.3 Å². The van der Waals surface area contributed by atoms with Gasteiger partial charge in [0.25, 0.3) is 0 Å². The van der Waals surface area contributed by atoms with E-state index < -0.39 is 0 Å². The van der Waals surface area contributed by atoms with Crippen molar-refractivity contribution in [2.24, 2.45) is 4.99 Å². The molecular formula is C19H31N5S. The van der Waals surface area contributed by atoms with Crippen molar-refractivity contribution in [3.05, 3.63) is 30.1 Å². The van der Waals surface area contributed by atoms with Gasteiger partial charge in [0, 0.05) is 68.6 Å². The number of pyridine rings is 1. The van der Waals surface area contributed by atoms with Crippen LogP contribution in [-0.4, -0.2) is 66.1 Å². The lowest BCUT2D eigenvalue weighted by Crippen LogP contribution is -2.57. The maximum absolute atomic E-state index is 4.41. The molecule has 25 heavy (non-hydrogen) atoms. The monoisotopic (exact) mass is 361 g/mol. The molecule has 5 nitrogen and oxygen atoms in total. The molecule has 2 fully saturated rings. The predicted molar refractivity (Wildman–Crippen MR) is 107 cm³/mol. The minimum absolute atomic E-state index is 0.333. The van der Waals surface area contributed by atoms with Crippen LogP contribution in [0.15, 0.2) is 29.4 Å². The number of rotatable bonds is 6. The molecule has 1 aromatic rings. The summed E-state index contributed by atoms with van der Waals surface area (Å²) in [7, 11) is 1.86. The second-order valence-electron chi connectivity index (χ2n) is 6.95. The van der Waals surface area contributed by atoms with Gasteiger partial charge >= 0.3 is 0 Å². The minimum Gasteiger partial charge on any atom is -0.356 e. The first-order chi connectivity index (χ1) is 12.3. The number of hydrogen-bond donors (Lipinski definition) is 2. The van der Waals surface area contributed by atoms with E-state index in [4.69, 9.17) is 0 Å². The van der Waals surface area contributed by atoms with Crippen molar-refractivity contribution < 1.29 is 0 Å². The van der Waals surface area contributed by atoms with Crippen LogP contribution in [0.3, 0.4) is 0 Å². The number of hydrogen-bond acceptors (Lipinski definition) is 4. The molecule has 0 spiro atoms. The summed E-state index contributed by atoms with van der Waals surface area (Å²) < 4.78 is 0. The van der Waals surface area contributed by atoms with Crippen molar-refractivity contribution in [2.45, 2.75) is 37.6 Å². The Morgan fingerprint density at radius 1 is 1.24 bits per heavy atom. The molecule has 0 amide bonds. The van der Waals surface area contributed by atoms with Gasteiger partial charge < -0.3 is 10.6 Å². The molecule has 1 saturated heterocycles. The number of aromatic nitrogens is 1. The quantitative estimate of drug-likeness (QED) is 0.601. The van der Waals surface area contributed by atoms with E-state index in [0.717, 1.165) is 31.2 Å². The maximum Gasteiger partial charge on any atom is 0.191 e. The van der Waals surface area contributed by atoms with Crippen molar-refractivity contribution in [3.63, 3.8) is 0 Å². The fourth-order valence-corrected chi connectivity index (χ4v) is 4.90. The molecular weight excluding hydrogens is 330 g/mol.